The first-order valence-electron chi connectivity index (χ1n) is 9.35. The lowest BCUT2D eigenvalue weighted by molar-refractivity contribution is -0.120. The first kappa shape index (κ1) is 22.1. The largest absolute Gasteiger partial charge is 0.494 e. The molecule has 31 heavy (non-hydrogen) atoms. The summed E-state index contributed by atoms with van der Waals surface area (Å²) >= 11 is 0. The van der Waals surface area contributed by atoms with Gasteiger partial charge >= 0.3 is 0 Å². The van der Waals surface area contributed by atoms with Crippen molar-refractivity contribution in [3.63, 3.8) is 0 Å². The molecule has 1 heterocycles. The molecule has 1 amide bonds. The molecule has 2 aromatic carbocycles. The van der Waals surface area contributed by atoms with Crippen LogP contribution in [0.2, 0.25) is 0 Å². The van der Waals surface area contributed by atoms with Crippen molar-refractivity contribution in [2.75, 3.05) is 20.6 Å². The Bertz CT molecular complexity index is 1330. The molecule has 0 aliphatic heterocycles. The second kappa shape index (κ2) is 9.04. The lowest BCUT2D eigenvalue weighted by Crippen LogP contribution is -2.36. The number of fused-ring (bicyclic) bond motifs is 1. The minimum absolute atomic E-state index is 0.00856. The van der Waals surface area contributed by atoms with Crippen LogP contribution in [-0.2, 0) is 14.8 Å². The van der Waals surface area contributed by atoms with E-state index in [1.807, 2.05) is 18.2 Å². The predicted molar refractivity (Wildman–Crippen MR) is 120 cm³/mol. The maximum atomic E-state index is 12.7. The number of hydrogen-bond donors (Lipinski definition) is 3. The number of aromatic nitrogens is 1. The third kappa shape index (κ3) is 4.60. The molecule has 0 atom stereocenters. The van der Waals surface area contributed by atoms with Crippen molar-refractivity contribution < 1.29 is 18.3 Å². The Hall–Kier alpha value is -3.61. The lowest BCUT2D eigenvalue weighted by Gasteiger charge is -2.16. The zero-order valence-electron chi connectivity index (χ0n) is 17.3. The van der Waals surface area contributed by atoms with Crippen LogP contribution in [-0.4, -0.2) is 55.6 Å². The maximum Gasteiger partial charge on any atom is 0.243 e. The molecule has 0 bridgehead atoms. The minimum atomic E-state index is -3.87. The van der Waals surface area contributed by atoms with E-state index < -0.39 is 15.9 Å². The van der Waals surface area contributed by atoms with Crippen LogP contribution in [0.3, 0.4) is 0 Å². The van der Waals surface area contributed by atoms with Crippen molar-refractivity contribution in [2.24, 2.45) is 4.99 Å². The summed E-state index contributed by atoms with van der Waals surface area (Å²) in [7, 11) is -1.10. The molecule has 3 N–H and O–H groups in total. The Morgan fingerprint density at radius 3 is 2.74 bits per heavy atom. The van der Waals surface area contributed by atoms with Gasteiger partial charge in [-0.1, -0.05) is 18.1 Å². The molecule has 0 aliphatic rings. The Balaban J connectivity index is 1.97. The topological polar surface area (TPSA) is 115 Å². The van der Waals surface area contributed by atoms with Gasteiger partial charge in [0.1, 0.15) is 0 Å². The van der Waals surface area contributed by atoms with Gasteiger partial charge in [0.25, 0.3) is 0 Å². The molecule has 0 unspecified atom stereocenters. The molecule has 0 fully saturated rings. The quantitative estimate of drug-likeness (QED) is 0.405. The third-order valence-electron chi connectivity index (χ3n) is 4.62. The van der Waals surface area contributed by atoms with Gasteiger partial charge in [0.15, 0.2) is 5.88 Å². The summed E-state index contributed by atoms with van der Waals surface area (Å²) < 4.78 is 26.5. The average Bonchev–Trinajstić information content (AvgIpc) is 3.08. The maximum absolute atomic E-state index is 12.7. The fourth-order valence-corrected chi connectivity index (χ4v) is 4.20. The van der Waals surface area contributed by atoms with E-state index in [9.17, 15) is 18.3 Å². The van der Waals surface area contributed by atoms with Crippen molar-refractivity contribution >= 4 is 38.7 Å². The number of sulfonamides is 1. The number of benzene rings is 2. The smallest absolute Gasteiger partial charge is 0.243 e. The lowest BCUT2D eigenvalue weighted by atomic mass is 10.1. The van der Waals surface area contributed by atoms with Gasteiger partial charge in [-0.25, -0.2) is 8.42 Å². The minimum Gasteiger partial charge on any atom is -0.494 e. The number of aliphatic imine (C=N–C) groups is 1. The second-order valence-corrected chi connectivity index (χ2v) is 8.73. The Kier molecular flexibility index (Phi) is 6.44. The van der Waals surface area contributed by atoms with Gasteiger partial charge in [-0.3, -0.25) is 9.79 Å². The van der Waals surface area contributed by atoms with Crippen molar-refractivity contribution in [1.82, 2.24) is 14.6 Å². The molecular formula is C22H22N4O4S. The Morgan fingerprint density at radius 2 is 2.03 bits per heavy atom. The fourth-order valence-electron chi connectivity index (χ4n) is 3.03. The molecule has 0 radical (unpaired) electrons. The number of nitrogens with zero attached hydrogens (tertiary/aromatic N) is 2. The van der Waals surface area contributed by atoms with E-state index in [0.29, 0.717) is 16.8 Å². The SMILES string of the molecule is CC#Cc1cccc2[nH]c(O)c(C=Nc3cccc(S(=O)(=O)N(C)CC(=O)NC)c3)c12. The highest BCUT2D eigenvalue weighted by atomic mass is 32.2. The van der Waals surface area contributed by atoms with Gasteiger partial charge < -0.3 is 15.4 Å². The summed E-state index contributed by atoms with van der Waals surface area (Å²) in [4.78, 5) is 18.8. The van der Waals surface area contributed by atoms with Gasteiger partial charge in [-0.15, -0.1) is 5.92 Å². The molecule has 160 valence electrons. The molecule has 3 rings (SSSR count). The number of likely N-dealkylation sites (N-methyl/N-ethyl adjacent to an activating group) is 2. The highest BCUT2D eigenvalue weighted by Gasteiger charge is 2.22. The predicted octanol–water partition coefficient (Wildman–Crippen LogP) is 2.36. The number of aromatic hydroxyl groups is 1. The molecule has 8 nitrogen and oxygen atoms in total. The monoisotopic (exact) mass is 438 g/mol. The zero-order valence-corrected chi connectivity index (χ0v) is 18.1. The summed E-state index contributed by atoms with van der Waals surface area (Å²) in [5, 5.41) is 13.5. The molecule has 9 heteroatoms. The first-order valence-corrected chi connectivity index (χ1v) is 10.8. The van der Waals surface area contributed by atoms with Gasteiger partial charge in [0, 0.05) is 31.3 Å². The number of aromatic amines is 1. The van der Waals surface area contributed by atoms with Crippen molar-refractivity contribution in [2.45, 2.75) is 11.8 Å². The van der Waals surface area contributed by atoms with Crippen LogP contribution in [0.15, 0.2) is 52.4 Å². The number of carbonyl (C=O) groups is 1. The van der Waals surface area contributed by atoms with E-state index in [2.05, 4.69) is 27.1 Å². The van der Waals surface area contributed by atoms with Crippen LogP contribution < -0.4 is 5.32 Å². The molecule has 3 aromatic rings. The molecular weight excluding hydrogens is 416 g/mol. The summed E-state index contributed by atoms with van der Waals surface area (Å²) in [5.41, 5.74) is 2.29. The summed E-state index contributed by atoms with van der Waals surface area (Å²) in [5.74, 6) is 5.38. The van der Waals surface area contributed by atoms with Gasteiger partial charge in [0.2, 0.25) is 15.9 Å². The Labute approximate surface area is 180 Å². The van der Waals surface area contributed by atoms with E-state index in [1.165, 1.54) is 32.4 Å². The molecule has 0 spiro atoms. The third-order valence-corrected chi connectivity index (χ3v) is 6.41. The van der Waals surface area contributed by atoms with E-state index in [0.717, 1.165) is 15.3 Å². The second-order valence-electron chi connectivity index (χ2n) is 6.68. The molecule has 0 aliphatic carbocycles. The van der Waals surface area contributed by atoms with Gasteiger partial charge in [-0.2, -0.15) is 4.31 Å². The highest BCUT2D eigenvalue weighted by Crippen LogP contribution is 2.29. The van der Waals surface area contributed by atoms with E-state index in [1.54, 1.807) is 19.1 Å². The van der Waals surface area contributed by atoms with Crippen LogP contribution in [0.1, 0.15) is 18.1 Å². The van der Waals surface area contributed by atoms with Crippen LogP contribution in [0, 0.1) is 11.8 Å². The summed E-state index contributed by atoms with van der Waals surface area (Å²) in [6.45, 7) is 1.43. The molecule has 0 saturated heterocycles. The number of amides is 1. The molecule has 0 saturated carbocycles. The van der Waals surface area contributed by atoms with Crippen LogP contribution in [0.25, 0.3) is 10.9 Å². The normalized spacial score (nSPS) is 11.6. The number of carbonyl (C=O) groups excluding carboxylic acids is 1. The van der Waals surface area contributed by atoms with Gasteiger partial charge in [0.05, 0.1) is 28.2 Å². The average molecular weight is 439 g/mol. The summed E-state index contributed by atoms with van der Waals surface area (Å²) in [6, 6.07) is 11.6. The van der Waals surface area contributed by atoms with Crippen molar-refractivity contribution in [3.05, 3.63) is 53.6 Å². The number of H-pyrrole nitrogens is 1. The number of nitrogens with one attached hydrogen (secondary N) is 2. The van der Waals surface area contributed by atoms with Crippen LogP contribution in [0.4, 0.5) is 5.69 Å². The first-order chi connectivity index (χ1) is 14.8. The zero-order chi connectivity index (χ0) is 22.6. The van der Waals surface area contributed by atoms with E-state index >= 15 is 0 Å². The standard InChI is InChI=1S/C22H22N4O4S/c1-4-7-15-8-5-11-19-21(15)18(22(28)25-19)13-24-16-9-6-10-17(12-16)31(29,30)26(3)14-20(27)23-2/h5-6,8-13,25,28H,14H2,1-3H3,(H,23,27). The number of hydrogen-bond acceptors (Lipinski definition) is 5. The van der Waals surface area contributed by atoms with Crippen LogP contribution >= 0.6 is 0 Å². The highest BCUT2D eigenvalue weighted by molar-refractivity contribution is 7.89. The van der Waals surface area contributed by atoms with Gasteiger partial charge in [-0.05, 0) is 37.3 Å². The fraction of sp³-hybridized carbons (Fsp3) is 0.182. The number of rotatable bonds is 6. The van der Waals surface area contributed by atoms with E-state index in [4.69, 9.17) is 0 Å². The van der Waals surface area contributed by atoms with Crippen molar-refractivity contribution in [1.29, 1.82) is 0 Å². The Morgan fingerprint density at radius 1 is 1.29 bits per heavy atom. The summed E-state index contributed by atoms with van der Waals surface area (Å²) in [6.07, 6.45) is 1.47. The molecule has 1 aromatic heterocycles. The van der Waals surface area contributed by atoms with Crippen LogP contribution in [0.5, 0.6) is 5.88 Å². The van der Waals surface area contributed by atoms with Crippen molar-refractivity contribution in [3.8, 4) is 17.7 Å². The van der Waals surface area contributed by atoms with E-state index in [-0.39, 0.29) is 17.3 Å².